The molecule has 0 aromatic carbocycles. The lowest BCUT2D eigenvalue weighted by molar-refractivity contribution is -0.147. The van der Waals surface area contributed by atoms with E-state index in [1.165, 1.54) is 4.90 Å². The maximum Gasteiger partial charge on any atom is 0.401 e. The van der Waals surface area contributed by atoms with Gasteiger partial charge in [0.15, 0.2) is 0 Å². The summed E-state index contributed by atoms with van der Waals surface area (Å²) in [5, 5.41) is 0. The highest BCUT2D eigenvalue weighted by molar-refractivity contribution is 5.77. The first kappa shape index (κ1) is 13.5. The predicted octanol–water partition coefficient (Wildman–Crippen LogP) is 2.77. The van der Waals surface area contributed by atoms with Gasteiger partial charge < -0.3 is 0 Å². The van der Waals surface area contributed by atoms with Crippen LogP contribution in [0.3, 0.4) is 0 Å². The SMILES string of the molecule is CCC(=O)CCCN(CC(F)(F)F)C1CC1. The highest BCUT2D eigenvalue weighted by Crippen LogP contribution is 2.30. The molecule has 1 fully saturated rings. The fourth-order valence-electron chi connectivity index (χ4n) is 1.72. The Morgan fingerprint density at radius 1 is 1.38 bits per heavy atom. The molecule has 2 nitrogen and oxygen atoms in total. The number of hydrogen-bond acceptors (Lipinski definition) is 2. The quantitative estimate of drug-likeness (QED) is 0.678. The summed E-state index contributed by atoms with van der Waals surface area (Å²) in [6, 6.07) is 0.0957. The summed E-state index contributed by atoms with van der Waals surface area (Å²) in [5.41, 5.74) is 0. The van der Waals surface area contributed by atoms with Crippen LogP contribution in [0.25, 0.3) is 0 Å². The van der Waals surface area contributed by atoms with Crippen LogP contribution in [0.2, 0.25) is 0 Å². The van der Waals surface area contributed by atoms with Crippen LogP contribution in [0.4, 0.5) is 13.2 Å². The molecule has 0 radical (unpaired) electrons. The number of rotatable bonds is 7. The van der Waals surface area contributed by atoms with Gasteiger partial charge in [-0.15, -0.1) is 0 Å². The van der Waals surface area contributed by atoms with E-state index in [9.17, 15) is 18.0 Å². The maximum absolute atomic E-state index is 12.2. The van der Waals surface area contributed by atoms with Crippen LogP contribution >= 0.6 is 0 Å². The fraction of sp³-hybridized carbons (Fsp3) is 0.909. The van der Waals surface area contributed by atoms with E-state index in [2.05, 4.69) is 0 Å². The topological polar surface area (TPSA) is 20.3 Å². The van der Waals surface area contributed by atoms with Crippen molar-refractivity contribution in [1.29, 1.82) is 0 Å². The summed E-state index contributed by atoms with van der Waals surface area (Å²) in [6.45, 7) is 1.32. The normalized spacial score (nSPS) is 16.8. The lowest BCUT2D eigenvalue weighted by Gasteiger charge is -2.23. The molecule has 1 rings (SSSR count). The second-order valence-electron chi connectivity index (χ2n) is 4.31. The Balaban J connectivity index is 2.26. The zero-order valence-electron chi connectivity index (χ0n) is 9.52. The molecule has 1 saturated carbocycles. The monoisotopic (exact) mass is 237 g/mol. The number of nitrogens with zero attached hydrogens (tertiary/aromatic N) is 1. The number of halogens is 3. The molecule has 0 saturated heterocycles. The molecule has 0 aromatic heterocycles. The van der Waals surface area contributed by atoms with Crippen molar-refractivity contribution in [1.82, 2.24) is 4.90 Å². The van der Waals surface area contributed by atoms with Crippen molar-refractivity contribution in [2.45, 2.75) is 51.2 Å². The molecule has 0 aromatic rings. The fourth-order valence-corrected chi connectivity index (χ4v) is 1.72. The molecule has 16 heavy (non-hydrogen) atoms. The van der Waals surface area contributed by atoms with Crippen LogP contribution in [0.15, 0.2) is 0 Å². The van der Waals surface area contributed by atoms with Gasteiger partial charge in [0.25, 0.3) is 0 Å². The number of ketones is 1. The van der Waals surface area contributed by atoms with Gasteiger partial charge in [0.1, 0.15) is 5.78 Å². The summed E-state index contributed by atoms with van der Waals surface area (Å²) in [5.74, 6) is 0.128. The zero-order valence-corrected chi connectivity index (χ0v) is 9.52. The molecule has 0 aliphatic heterocycles. The maximum atomic E-state index is 12.2. The van der Waals surface area contributed by atoms with Crippen molar-refractivity contribution in [2.75, 3.05) is 13.1 Å². The summed E-state index contributed by atoms with van der Waals surface area (Å²) in [4.78, 5) is 12.5. The number of Topliss-reactive ketones (excluding diaryl/α,β-unsaturated/α-hetero) is 1. The first-order valence-electron chi connectivity index (χ1n) is 5.75. The molecule has 5 heteroatoms. The smallest absolute Gasteiger partial charge is 0.300 e. The Morgan fingerprint density at radius 3 is 2.44 bits per heavy atom. The van der Waals surface area contributed by atoms with E-state index in [0.29, 0.717) is 25.8 Å². The van der Waals surface area contributed by atoms with Crippen molar-refractivity contribution in [3.8, 4) is 0 Å². The van der Waals surface area contributed by atoms with Gasteiger partial charge in [-0.2, -0.15) is 13.2 Å². The molecule has 0 atom stereocenters. The second-order valence-corrected chi connectivity index (χ2v) is 4.31. The van der Waals surface area contributed by atoms with Crippen LogP contribution in [0.1, 0.15) is 39.0 Å². The molecule has 1 aliphatic carbocycles. The Kier molecular flexibility index (Phi) is 4.77. The van der Waals surface area contributed by atoms with Crippen LogP contribution < -0.4 is 0 Å². The highest BCUT2D eigenvalue weighted by Gasteiger charge is 2.37. The van der Waals surface area contributed by atoms with Crippen LogP contribution in [-0.2, 0) is 4.79 Å². The molecular formula is C11H18F3NO. The number of hydrogen-bond donors (Lipinski definition) is 0. The number of alkyl halides is 3. The molecule has 0 unspecified atom stereocenters. The second kappa shape index (κ2) is 5.66. The molecule has 0 amide bonds. The summed E-state index contributed by atoms with van der Waals surface area (Å²) in [7, 11) is 0. The van der Waals surface area contributed by atoms with Gasteiger partial charge in [0.05, 0.1) is 6.54 Å². The lowest BCUT2D eigenvalue weighted by atomic mass is 10.2. The van der Waals surface area contributed by atoms with Crippen molar-refractivity contribution in [3.05, 3.63) is 0 Å². The van der Waals surface area contributed by atoms with Gasteiger partial charge in [-0.25, -0.2) is 0 Å². The van der Waals surface area contributed by atoms with E-state index in [1.54, 1.807) is 6.92 Å². The predicted molar refractivity (Wildman–Crippen MR) is 55.2 cm³/mol. The van der Waals surface area contributed by atoms with Gasteiger partial charge in [0, 0.05) is 18.9 Å². The summed E-state index contributed by atoms with van der Waals surface area (Å²) >= 11 is 0. The van der Waals surface area contributed by atoms with Gasteiger partial charge in [-0.3, -0.25) is 9.69 Å². The van der Waals surface area contributed by atoms with Crippen LogP contribution in [0, 0.1) is 0 Å². The van der Waals surface area contributed by atoms with Crippen molar-refractivity contribution < 1.29 is 18.0 Å². The minimum absolute atomic E-state index is 0.0957. The first-order chi connectivity index (χ1) is 7.42. The Morgan fingerprint density at radius 2 is 2.00 bits per heavy atom. The van der Waals surface area contributed by atoms with E-state index in [4.69, 9.17) is 0 Å². The van der Waals surface area contributed by atoms with Gasteiger partial charge in [-0.1, -0.05) is 6.92 Å². The van der Waals surface area contributed by atoms with Crippen LogP contribution in [0.5, 0.6) is 0 Å². The molecule has 0 bridgehead atoms. The highest BCUT2D eigenvalue weighted by atomic mass is 19.4. The van der Waals surface area contributed by atoms with E-state index in [1.807, 2.05) is 0 Å². The average molecular weight is 237 g/mol. The van der Waals surface area contributed by atoms with Crippen molar-refractivity contribution >= 4 is 5.78 Å². The van der Waals surface area contributed by atoms with Crippen molar-refractivity contribution in [3.63, 3.8) is 0 Å². The minimum Gasteiger partial charge on any atom is -0.300 e. The minimum atomic E-state index is -4.13. The Bertz CT molecular complexity index is 236. The van der Waals surface area contributed by atoms with Gasteiger partial charge in [0.2, 0.25) is 0 Å². The molecule has 94 valence electrons. The number of carbonyl (C=O) groups excluding carboxylic acids is 1. The zero-order chi connectivity index (χ0) is 12.2. The van der Waals surface area contributed by atoms with Crippen molar-refractivity contribution in [2.24, 2.45) is 0 Å². The Labute approximate surface area is 93.8 Å². The third-order valence-electron chi connectivity index (χ3n) is 2.74. The summed E-state index contributed by atoms with van der Waals surface area (Å²) in [6.07, 6.45) is -0.994. The average Bonchev–Trinajstić information content (AvgIpc) is 2.97. The largest absolute Gasteiger partial charge is 0.401 e. The summed E-state index contributed by atoms with van der Waals surface area (Å²) < 4.78 is 36.7. The standard InChI is InChI=1S/C11H18F3NO/c1-2-10(16)4-3-7-15(9-5-6-9)8-11(12,13)14/h9H,2-8H2,1H3. The first-order valence-corrected chi connectivity index (χ1v) is 5.75. The third kappa shape index (κ3) is 5.49. The van der Waals surface area contributed by atoms with E-state index in [0.717, 1.165) is 12.8 Å². The number of carbonyl (C=O) groups is 1. The van der Waals surface area contributed by atoms with E-state index in [-0.39, 0.29) is 11.8 Å². The molecule has 0 N–H and O–H groups in total. The Hall–Kier alpha value is -0.580. The van der Waals surface area contributed by atoms with Gasteiger partial charge in [-0.05, 0) is 25.8 Å². The van der Waals surface area contributed by atoms with Crippen LogP contribution in [-0.4, -0.2) is 36.0 Å². The molecule has 0 spiro atoms. The van der Waals surface area contributed by atoms with E-state index < -0.39 is 12.7 Å². The molecular weight excluding hydrogens is 219 g/mol. The van der Waals surface area contributed by atoms with E-state index >= 15 is 0 Å². The third-order valence-corrected chi connectivity index (χ3v) is 2.74. The van der Waals surface area contributed by atoms with Gasteiger partial charge >= 0.3 is 6.18 Å². The lowest BCUT2D eigenvalue weighted by Crippen LogP contribution is -2.36. The molecule has 1 aliphatic rings. The molecule has 0 heterocycles.